The second-order valence-corrected chi connectivity index (χ2v) is 11.0. The van der Waals surface area contributed by atoms with Gasteiger partial charge >= 0.3 is 0 Å². The number of nitrogens with one attached hydrogen (secondary N) is 1. The molecule has 4 rings (SSSR count). The topological polar surface area (TPSA) is 119 Å². The Morgan fingerprint density at radius 1 is 1.23 bits per heavy atom. The van der Waals surface area contributed by atoms with Crippen LogP contribution in [0.15, 0.2) is 35.2 Å². The van der Waals surface area contributed by atoms with Crippen molar-refractivity contribution in [2.45, 2.75) is 55.8 Å². The van der Waals surface area contributed by atoms with Crippen LogP contribution in [0.4, 0.5) is 0 Å². The molecule has 2 aliphatic carbocycles. The second kappa shape index (κ2) is 9.56. The van der Waals surface area contributed by atoms with E-state index in [9.17, 15) is 18.3 Å². The van der Waals surface area contributed by atoms with Crippen molar-refractivity contribution in [3.63, 3.8) is 0 Å². The number of benzene rings is 1. The van der Waals surface area contributed by atoms with Crippen molar-refractivity contribution in [2.75, 3.05) is 6.54 Å². The van der Waals surface area contributed by atoms with E-state index in [1.807, 2.05) is 13.0 Å². The molecule has 0 bridgehead atoms. The van der Waals surface area contributed by atoms with E-state index in [2.05, 4.69) is 5.32 Å². The summed E-state index contributed by atoms with van der Waals surface area (Å²) in [6.45, 7) is 2.58. The number of aliphatic hydroxyl groups is 1. The summed E-state index contributed by atoms with van der Waals surface area (Å²) in [5, 5.41) is 19.1. The minimum absolute atomic E-state index is 0. The number of nitrogens with two attached hydrogens (primary N) is 1. The lowest BCUT2D eigenvalue weighted by Crippen LogP contribution is -2.44. The molecule has 1 heterocycles. The molecular formula is C21H27ClN2O5S2. The molecule has 0 amide bonds. The van der Waals surface area contributed by atoms with E-state index in [4.69, 9.17) is 9.88 Å². The van der Waals surface area contributed by atoms with E-state index < -0.39 is 22.2 Å². The highest BCUT2D eigenvalue weighted by atomic mass is 35.5. The first-order valence-corrected chi connectivity index (χ1v) is 12.4. The van der Waals surface area contributed by atoms with Gasteiger partial charge in [0.2, 0.25) is 10.0 Å². The molecule has 0 aliphatic heterocycles. The number of aliphatic hydroxyl groups excluding tert-OH is 1. The first-order chi connectivity index (χ1) is 14.2. The summed E-state index contributed by atoms with van der Waals surface area (Å²) >= 11 is 1.70. The third-order valence-electron chi connectivity index (χ3n) is 5.91. The highest BCUT2D eigenvalue weighted by Gasteiger charge is 2.37. The van der Waals surface area contributed by atoms with Crippen LogP contribution in [0.5, 0.6) is 5.75 Å². The number of fused-ring (bicyclic) bond motifs is 1. The third-order valence-corrected chi connectivity index (χ3v) is 7.95. The zero-order valence-corrected chi connectivity index (χ0v) is 19.6. The maximum Gasteiger partial charge on any atom is 0.238 e. The molecule has 170 valence electrons. The molecule has 0 radical (unpaired) electrons. The van der Waals surface area contributed by atoms with Gasteiger partial charge in [0.15, 0.2) is 5.78 Å². The lowest BCUT2D eigenvalue weighted by molar-refractivity contribution is 0.0441. The van der Waals surface area contributed by atoms with E-state index in [0.29, 0.717) is 18.7 Å². The average Bonchev–Trinajstić information content (AvgIpc) is 3.24. The summed E-state index contributed by atoms with van der Waals surface area (Å²) in [7, 11) is -3.75. The number of Topliss-reactive ketones (excluding diaryl/α,β-unsaturated/α-hetero) is 1. The highest BCUT2D eigenvalue weighted by Crippen LogP contribution is 2.32. The summed E-state index contributed by atoms with van der Waals surface area (Å²) in [5.74, 6) is 0.614. The first-order valence-electron chi connectivity index (χ1n) is 10.1. The summed E-state index contributed by atoms with van der Waals surface area (Å²) in [6.07, 6.45) is 2.07. The Balaban J connectivity index is 0.00000272. The summed E-state index contributed by atoms with van der Waals surface area (Å²) in [6, 6.07) is 7.69. The Morgan fingerprint density at radius 3 is 2.61 bits per heavy atom. The van der Waals surface area contributed by atoms with Crippen LogP contribution in [0.2, 0.25) is 0 Å². The highest BCUT2D eigenvalue weighted by molar-refractivity contribution is 7.89. The molecule has 2 aliphatic rings. The first kappa shape index (κ1) is 24.2. The average molecular weight is 487 g/mol. The Bertz CT molecular complexity index is 1040. The molecule has 0 saturated heterocycles. The zero-order valence-electron chi connectivity index (χ0n) is 17.1. The van der Waals surface area contributed by atoms with Crippen molar-refractivity contribution < 1.29 is 23.1 Å². The number of hydrogen-bond donors (Lipinski definition) is 3. The molecule has 0 spiro atoms. The Labute approximate surface area is 192 Å². The van der Waals surface area contributed by atoms with Crippen LogP contribution in [-0.4, -0.2) is 44.1 Å². The number of aryl methyl sites for hydroxylation is 2. The van der Waals surface area contributed by atoms with Crippen LogP contribution in [0.25, 0.3) is 0 Å². The van der Waals surface area contributed by atoms with E-state index in [0.717, 1.165) is 24.8 Å². The fraction of sp³-hybridized carbons (Fsp3) is 0.476. The van der Waals surface area contributed by atoms with Crippen molar-refractivity contribution in [1.29, 1.82) is 0 Å². The maximum atomic E-state index is 12.7. The standard InChI is InChI=1S/C21H26N2O5S2.ClH/c1-12-10-16-19(29-12)9-2-13(20(16)24)11-23-17-7-8-18(21(17)25)28-14-3-5-15(6-4-14)30(22,26)27;/h3-6,10,13,17-18,21,23,25H,2,7-9,11H2,1H3,(H2,22,26,27);1H/t13?,17-,18-,21-;/m1./s1. The van der Waals surface area contributed by atoms with Crippen molar-refractivity contribution in [1.82, 2.24) is 5.32 Å². The number of carbonyl (C=O) groups is 1. The molecule has 2 aromatic rings. The predicted molar refractivity (Wildman–Crippen MR) is 122 cm³/mol. The van der Waals surface area contributed by atoms with Crippen molar-refractivity contribution in [3.8, 4) is 5.75 Å². The minimum atomic E-state index is -3.75. The van der Waals surface area contributed by atoms with Gasteiger partial charge in [0.1, 0.15) is 18.0 Å². The van der Waals surface area contributed by atoms with Crippen LogP contribution in [0.3, 0.4) is 0 Å². The van der Waals surface area contributed by atoms with E-state index >= 15 is 0 Å². The van der Waals surface area contributed by atoms with Crippen LogP contribution in [0.1, 0.15) is 39.4 Å². The van der Waals surface area contributed by atoms with Crippen LogP contribution in [-0.2, 0) is 16.4 Å². The van der Waals surface area contributed by atoms with Gasteiger partial charge in [0.25, 0.3) is 0 Å². The Hall–Kier alpha value is -1.49. The van der Waals surface area contributed by atoms with Gasteiger partial charge in [-0.2, -0.15) is 0 Å². The quantitative estimate of drug-likeness (QED) is 0.577. The number of halogens is 1. The summed E-state index contributed by atoms with van der Waals surface area (Å²) in [4.78, 5) is 15.1. The van der Waals surface area contributed by atoms with E-state index in [-0.39, 0.29) is 35.0 Å². The van der Waals surface area contributed by atoms with Gasteiger partial charge in [0, 0.05) is 33.8 Å². The Morgan fingerprint density at radius 2 is 1.94 bits per heavy atom. The van der Waals surface area contributed by atoms with Crippen LogP contribution >= 0.6 is 23.7 Å². The lowest BCUT2D eigenvalue weighted by atomic mass is 9.87. The number of primary sulfonamides is 1. The van der Waals surface area contributed by atoms with Gasteiger partial charge in [0.05, 0.1) is 4.90 Å². The fourth-order valence-electron chi connectivity index (χ4n) is 4.28. The van der Waals surface area contributed by atoms with Gasteiger partial charge in [-0.15, -0.1) is 23.7 Å². The fourth-order valence-corrected chi connectivity index (χ4v) is 5.85. The number of rotatable bonds is 6. The predicted octanol–water partition coefficient (Wildman–Crippen LogP) is 2.43. The van der Waals surface area contributed by atoms with Crippen molar-refractivity contribution in [3.05, 3.63) is 45.6 Å². The van der Waals surface area contributed by atoms with Crippen molar-refractivity contribution >= 4 is 39.6 Å². The monoisotopic (exact) mass is 486 g/mol. The number of sulfonamides is 1. The SMILES string of the molecule is Cc1cc2c(s1)CCC(CN[C@@H]1CC[C@@H](Oc3ccc(S(N)(=O)=O)cc3)[C@@H]1O)C2=O.Cl. The number of thiophene rings is 1. The van der Waals surface area contributed by atoms with Gasteiger partial charge in [-0.25, -0.2) is 13.6 Å². The molecule has 1 aromatic heterocycles. The molecule has 1 fully saturated rings. The minimum Gasteiger partial charge on any atom is -0.488 e. The molecule has 4 N–H and O–H groups in total. The smallest absolute Gasteiger partial charge is 0.238 e. The molecule has 1 unspecified atom stereocenters. The summed E-state index contributed by atoms with van der Waals surface area (Å²) < 4.78 is 28.5. The molecule has 1 aromatic carbocycles. The molecule has 4 atom stereocenters. The van der Waals surface area contributed by atoms with Gasteiger partial charge in [-0.1, -0.05) is 0 Å². The molecular weight excluding hydrogens is 460 g/mol. The second-order valence-electron chi connectivity index (χ2n) is 8.05. The maximum absolute atomic E-state index is 12.7. The molecule has 1 saturated carbocycles. The number of hydrogen-bond acceptors (Lipinski definition) is 7. The zero-order chi connectivity index (χ0) is 21.5. The number of carbonyl (C=O) groups excluding carboxylic acids is 1. The summed E-state index contributed by atoms with van der Waals surface area (Å²) in [5.41, 5.74) is 0.867. The normalized spacial score (nSPS) is 25.7. The largest absolute Gasteiger partial charge is 0.488 e. The van der Waals surface area contributed by atoms with E-state index in [1.54, 1.807) is 11.3 Å². The number of ether oxygens (including phenoxy) is 1. The molecule has 31 heavy (non-hydrogen) atoms. The van der Waals surface area contributed by atoms with Crippen LogP contribution < -0.4 is 15.2 Å². The van der Waals surface area contributed by atoms with Crippen molar-refractivity contribution in [2.24, 2.45) is 11.1 Å². The number of ketones is 1. The lowest BCUT2D eigenvalue weighted by Gasteiger charge is -2.25. The Kier molecular flexibility index (Phi) is 7.45. The molecule has 7 nitrogen and oxygen atoms in total. The third kappa shape index (κ3) is 5.30. The van der Waals surface area contributed by atoms with Crippen LogP contribution in [0, 0.1) is 12.8 Å². The van der Waals surface area contributed by atoms with E-state index in [1.165, 1.54) is 34.0 Å². The van der Waals surface area contributed by atoms with Gasteiger partial charge in [-0.3, -0.25) is 4.79 Å². The molecule has 10 heteroatoms. The van der Waals surface area contributed by atoms with Gasteiger partial charge < -0.3 is 15.2 Å². The van der Waals surface area contributed by atoms with Gasteiger partial charge in [-0.05, 0) is 62.9 Å².